The Bertz CT molecular complexity index is 541. The molecule has 5 heteroatoms. The van der Waals surface area contributed by atoms with Crippen molar-refractivity contribution < 1.29 is 15.0 Å². The van der Waals surface area contributed by atoms with Crippen LogP contribution in [0.5, 0.6) is 11.5 Å². The summed E-state index contributed by atoms with van der Waals surface area (Å²) in [6, 6.07) is 7.10. The van der Waals surface area contributed by atoms with Gasteiger partial charge in [0.05, 0.1) is 17.4 Å². The van der Waals surface area contributed by atoms with Gasteiger partial charge in [-0.15, -0.1) is 0 Å². The van der Waals surface area contributed by atoms with Gasteiger partial charge in [0.25, 0.3) is 5.91 Å². The highest BCUT2D eigenvalue weighted by molar-refractivity contribution is 6.06. The Hall–Kier alpha value is -2.56. The number of aromatic nitrogens is 1. The van der Waals surface area contributed by atoms with Crippen LogP contribution in [0.1, 0.15) is 10.4 Å². The molecule has 1 aromatic heterocycles. The number of phenolic OH excluding ortho intramolecular Hbond substituents is 2. The molecule has 0 saturated heterocycles. The van der Waals surface area contributed by atoms with Gasteiger partial charge in [0.2, 0.25) is 0 Å². The van der Waals surface area contributed by atoms with Crippen molar-refractivity contribution in [3.05, 3.63) is 48.3 Å². The molecule has 17 heavy (non-hydrogen) atoms. The maximum atomic E-state index is 11.8. The number of rotatable bonds is 2. The van der Waals surface area contributed by atoms with Crippen LogP contribution in [0.4, 0.5) is 5.69 Å². The number of hydrogen-bond donors (Lipinski definition) is 3. The predicted octanol–water partition coefficient (Wildman–Crippen LogP) is 1.75. The lowest BCUT2D eigenvalue weighted by Crippen LogP contribution is -2.12. The number of amides is 1. The van der Waals surface area contributed by atoms with E-state index in [1.807, 2.05) is 0 Å². The van der Waals surface area contributed by atoms with Crippen molar-refractivity contribution in [3.8, 4) is 11.5 Å². The van der Waals surface area contributed by atoms with Gasteiger partial charge in [-0.2, -0.15) is 0 Å². The van der Waals surface area contributed by atoms with Crippen LogP contribution in [0.15, 0.2) is 42.7 Å². The van der Waals surface area contributed by atoms with E-state index in [0.717, 1.165) is 0 Å². The largest absolute Gasteiger partial charge is 0.508 e. The van der Waals surface area contributed by atoms with Crippen LogP contribution < -0.4 is 5.32 Å². The van der Waals surface area contributed by atoms with Gasteiger partial charge in [0.1, 0.15) is 11.5 Å². The van der Waals surface area contributed by atoms with E-state index in [2.05, 4.69) is 10.3 Å². The van der Waals surface area contributed by atoms with E-state index in [-0.39, 0.29) is 17.1 Å². The van der Waals surface area contributed by atoms with Gasteiger partial charge < -0.3 is 15.5 Å². The van der Waals surface area contributed by atoms with Crippen LogP contribution in [-0.4, -0.2) is 21.1 Å². The third-order valence-corrected chi connectivity index (χ3v) is 2.14. The molecule has 0 saturated carbocycles. The third kappa shape index (κ3) is 2.52. The molecule has 1 heterocycles. The normalized spacial score (nSPS) is 9.88. The number of phenols is 2. The number of carbonyl (C=O) groups excluding carboxylic acids is 1. The highest BCUT2D eigenvalue weighted by Gasteiger charge is 2.12. The average Bonchev–Trinajstić information content (AvgIpc) is 2.33. The summed E-state index contributed by atoms with van der Waals surface area (Å²) in [6.45, 7) is 0. The monoisotopic (exact) mass is 230 g/mol. The fraction of sp³-hybridized carbons (Fsp3) is 0. The topological polar surface area (TPSA) is 82.5 Å². The van der Waals surface area contributed by atoms with Crippen LogP contribution in [0.3, 0.4) is 0 Å². The van der Waals surface area contributed by atoms with Gasteiger partial charge in [-0.05, 0) is 30.3 Å². The van der Waals surface area contributed by atoms with Gasteiger partial charge in [0.15, 0.2) is 0 Å². The molecule has 5 nitrogen and oxygen atoms in total. The molecule has 0 aliphatic carbocycles. The van der Waals surface area contributed by atoms with Gasteiger partial charge in [-0.3, -0.25) is 9.78 Å². The summed E-state index contributed by atoms with van der Waals surface area (Å²) in [5.41, 5.74) is 0.522. The van der Waals surface area contributed by atoms with Crippen LogP contribution in [-0.2, 0) is 0 Å². The number of nitrogens with one attached hydrogen (secondary N) is 1. The van der Waals surface area contributed by atoms with Gasteiger partial charge in [0, 0.05) is 6.20 Å². The molecular weight excluding hydrogens is 220 g/mol. The molecular formula is C12H10N2O3. The lowest BCUT2D eigenvalue weighted by molar-refractivity contribution is 0.102. The summed E-state index contributed by atoms with van der Waals surface area (Å²) in [6.07, 6.45) is 3.07. The SMILES string of the molecule is O=C(Nc1cccnc1)c1cc(O)ccc1O. The number of nitrogens with zero attached hydrogens (tertiary/aromatic N) is 1. The molecule has 2 rings (SSSR count). The van der Waals surface area contributed by atoms with Crippen molar-refractivity contribution >= 4 is 11.6 Å². The Labute approximate surface area is 97.4 Å². The van der Waals surface area contributed by atoms with Crippen molar-refractivity contribution in [1.29, 1.82) is 0 Å². The minimum atomic E-state index is -0.508. The second kappa shape index (κ2) is 4.52. The first-order chi connectivity index (χ1) is 8.16. The minimum Gasteiger partial charge on any atom is -0.508 e. The van der Waals surface area contributed by atoms with E-state index in [1.165, 1.54) is 24.4 Å². The highest BCUT2D eigenvalue weighted by Crippen LogP contribution is 2.22. The molecule has 3 N–H and O–H groups in total. The van der Waals surface area contributed by atoms with E-state index in [1.54, 1.807) is 18.3 Å². The fourth-order valence-corrected chi connectivity index (χ4v) is 1.34. The summed E-state index contributed by atoms with van der Waals surface area (Å²) >= 11 is 0. The zero-order valence-corrected chi connectivity index (χ0v) is 8.79. The lowest BCUT2D eigenvalue weighted by Gasteiger charge is -2.06. The zero-order valence-electron chi connectivity index (χ0n) is 8.79. The van der Waals surface area contributed by atoms with Gasteiger partial charge >= 0.3 is 0 Å². The first-order valence-corrected chi connectivity index (χ1v) is 4.90. The summed E-state index contributed by atoms with van der Waals surface area (Å²) in [5, 5.41) is 21.3. The molecule has 0 bridgehead atoms. The number of pyridine rings is 1. The van der Waals surface area contributed by atoms with E-state index in [9.17, 15) is 15.0 Å². The second-order valence-electron chi connectivity index (χ2n) is 3.40. The summed E-state index contributed by atoms with van der Waals surface area (Å²) in [5.74, 6) is -0.783. The van der Waals surface area contributed by atoms with Gasteiger partial charge in [-0.25, -0.2) is 0 Å². The molecule has 2 aromatic rings. The summed E-state index contributed by atoms with van der Waals surface area (Å²) < 4.78 is 0. The molecule has 0 unspecified atom stereocenters. The van der Waals surface area contributed by atoms with Crippen LogP contribution in [0.2, 0.25) is 0 Å². The van der Waals surface area contributed by atoms with Crippen molar-refractivity contribution in [2.45, 2.75) is 0 Å². The second-order valence-corrected chi connectivity index (χ2v) is 3.40. The zero-order chi connectivity index (χ0) is 12.3. The van der Waals surface area contributed by atoms with E-state index in [0.29, 0.717) is 5.69 Å². The highest BCUT2D eigenvalue weighted by atomic mass is 16.3. The Balaban J connectivity index is 2.23. The molecule has 0 atom stereocenters. The maximum Gasteiger partial charge on any atom is 0.259 e. The third-order valence-electron chi connectivity index (χ3n) is 2.14. The smallest absolute Gasteiger partial charge is 0.259 e. The molecule has 0 fully saturated rings. The van der Waals surface area contributed by atoms with Crippen molar-refractivity contribution in [2.75, 3.05) is 5.32 Å². The fourth-order valence-electron chi connectivity index (χ4n) is 1.34. The molecule has 0 aliphatic rings. The number of benzene rings is 1. The Morgan fingerprint density at radius 1 is 1.24 bits per heavy atom. The molecule has 1 aromatic carbocycles. The van der Waals surface area contributed by atoms with E-state index in [4.69, 9.17) is 0 Å². The molecule has 86 valence electrons. The van der Waals surface area contributed by atoms with Crippen molar-refractivity contribution in [2.24, 2.45) is 0 Å². The number of anilines is 1. The standard InChI is InChI=1S/C12H10N2O3/c15-9-3-4-11(16)10(6-9)12(17)14-8-2-1-5-13-7-8/h1-7,15-16H,(H,14,17). The van der Waals surface area contributed by atoms with E-state index < -0.39 is 5.91 Å². The summed E-state index contributed by atoms with van der Waals surface area (Å²) in [7, 11) is 0. The quantitative estimate of drug-likeness (QED) is 0.686. The van der Waals surface area contributed by atoms with Crippen molar-refractivity contribution in [3.63, 3.8) is 0 Å². The minimum absolute atomic E-state index is 0.00820. The number of hydrogen-bond acceptors (Lipinski definition) is 4. The molecule has 0 radical (unpaired) electrons. The molecule has 0 spiro atoms. The maximum absolute atomic E-state index is 11.8. The summed E-state index contributed by atoms with van der Waals surface area (Å²) in [4.78, 5) is 15.6. The lowest BCUT2D eigenvalue weighted by atomic mass is 10.1. The van der Waals surface area contributed by atoms with Crippen molar-refractivity contribution in [1.82, 2.24) is 4.98 Å². The Morgan fingerprint density at radius 3 is 2.76 bits per heavy atom. The predicted molar refractivity (Wildman–Crippen MR) is 62.0 cm³/mol. The average molecular weight is 230 g/mol. The molecule has 1 amide bonds. The Morgan fingerprint density at radius 2 is 2.06 bits per heavy atom. The Kier molecular flexibility index (Phi) is 2.91. The van der Waals surface area contributed by atoms with Crippen LogP contribution in [0.25, 0.3) is 0 Å². The van der Waals surface area contributed by atoms with Crippen LogP contribution >= 0.6 is 0 Å². The molecule has 0 aliphatic heterocycles. The number of aromatic hydroxyl groups is 2. The van der Waals surface area contributed by atoms with Gasteiger partial charge in [-0.1, -0.05) is 0 Å². The first-order valence-electron chi connectivity index (χ1n) is 4.90. The van der Waals surface area contributed by atoms with Crippen LogP contribution in [0, 0.1) is 0 Å². The first kappa shape index (κ1) is 10.9. The number of carbonyl (C=O) groups is 1. The van der Waals surface area contributed by atoms with E-state index >= 15 is 0 Å².